The van der Waals surface area contributed by atoms with E-state index in [0.717, 1.165) is 27.9 Å². The molecular weight excluding hydrogens is 469 g/mol. The van der Waals surface area contributed by atoms with Gasteiger partial charge in [0.2, 0.25) is 0 Å². The summed E-state index contributed by atoms with van der Waals surface area (Å²) in [6.45, 7) is 2.17. The van der Waals surface area contributed by atoms with Crippen LogP contribution in [0, 0.1) is 6.92 Å². The summed E-state index contributed by atoms with van der Waals surface area (Å²) in [5.41, 5.74) is 4.84. The number of nitrogens with one attached hydrogen (secondary N) is 2. The Bertz CT molecular complexity index is 1560. The van der Waals surface area contributed by atoms with E-state index in [1.165, 1.54) is 24.3 Å². The summed E-state index contributed by atoms with van der Waals surface area (Å²) in [5.74, 6) is -0.316. The summed E-state index contributed by atoms with van der Waals surface area (Å²) >= 11 is 0. The van der Waals surface area contributed by atoms with Crippen LogP contribution in [0.2, 0.25) is 0 Å². The molecule has 2 heterocycles. The average molecular weight is 490 g/mol. The lowest BCUT2D eigenvalue weighted by molar-refractivity contribution is -0.274. The first-order valence-corrected chi connectivity index (χ1v) is 11.1. The SMILES string of the molecule is Cc1ccc(-c2nn(-c3ccccc3)c3[nH]c(=O)c(CNc4ccc(OC(F)(F)F)cc4)cc23)cc1. The molecule has 0 bridgehead atoms. The molecule has 0 aliphatic rings. The van der Waals surface area contributed by atoms with Gasteiger partial charge in [-0.25, -0.2) is 4.68 Å². The lowest BCUT2D eigenvalue weighted by Gasteiger charge is -2.10. The number of benzene rings is 3. The zero-order valence-corrected chi connectivity index (χ0v) is 19.1. The second-order valence-electron chi connectivity index (χ2n) is 8.27. The van der Waals surface area contributed by atoms with Gasteiger partial charge in [-0.15, -0.1) is 13.2 Å². The van der Waals surface area contributed by atoms with Gasteiger partial charge in [-0.05, 0) is 49.4 Å². The number of hydrogen-bond donors (Lipinski definition) is 2. The number of aryl methyl sites for hydroxylation is 1. The molecule has 5 aromatic rings. The van der Waals surface area contributed by atoms with E-state index in [1.807, 2.05) is 61.5 Å². The van der Waals surface area contributed by atoms with Crippen LogP contribution in [0.1, 0.15) is 11.1 Å². The van der Waals surface area contributed by atoms with E-state index in [1.54, 1.807) is 10.7 Å². The standard InChI is InChI=1S/C27H21F3N4O2/c1-17-7-9-18(10-8-17)24-23-15-19(16-31-20-11-13-22(14-12-20)36-27(28,29)30)26(35)32-25(23)34(33-24)21-5-3-2-4-6-21/h2-15,31H,16H2,1H3,(H,32,35). The first-order chi connectivity index (χ1) is 17.3. The third-order valence-electron chi connectivity index (χ3n) is 5.66. The average Bonchev–Trinajstić information content (AvgIpc) is 3.21. The Kier molecular flexibility index (Phi) is 5.97. The van der Waals surface area contributed by atoms with Crippen molar-refractivity contribution in [2.24, 2.45) is 0 Å². The van der Waals surface area contributed by atoms with Gasteiger partial charge in [0.05, 0.1) is 5.69 Å². The van der Waals surface area contributed by atoms with Crippen LogP contribution in [-0.4, -0.2) is 21.1 Å². The number of aromatic nitrogens is 3. The van der Waals surface area contributed by atoms with Crippen molar-refractivity contribution in [3.63, 3.8) is 0 Å². The highest BCUT2D eigenvalue weighted by molar-refractivity contribution is 5.92. The van der Waals surface area contributed by atoms with Crippen LogP contribution >= 0.6 is 0 Å². The minimum Gasteiger partial charge on any atom is -0.406 e. The van der Waals surface area contributed by atoms with Crippen LogP contribution < -0.4 is 15.6 Å². The van der Waals surface area contributed by atoms with Crippen molar-refractivity contribution in [2.75, 3.05) is 5.32 Å². The van der Waals surface area contributed by atoms with Crippen molar-refractivity contribution in [3.8, 4) is 22.7 Å². The van der Waals surface area contributed by atoms with Gasteiger partial charge in [-0.1, -0.05) is 48.0 Å². The molecule has 0 saturated carbocycles. The number of pyridine rings is 1. The topological polar surface area (TPSA) is 71.9 Å². The number of alkyl halides is 3. The van der Waals surface area contributed by atoms with Gasteiger partial charge in [0, 0.05) is 28.7 Å². The lowest BCUT2D eigenvalue weighted by atomic mass is 10.1. The molecule has 9 heteroatoms. The maximum atomic E-state index is 13.0. The number of aromatic amines is 1. The summed E-state index contributed by atoms with van der Waals surface area (Å²) < 4.78 is 42.8. The fourth-order valence-electron chi connectivity index (χ4n) is 3.90. The molecule has 0 amide bonds. The van der Waals surface area contributed by atoms with Crippen molar-refractivity contribution in [1.29, 1.82) is 0 Å². The van der Waals surface area contributed by atoms with E-state index in [4.69, 9.17) is 5.10 Å². The largest absolute Gasteiger partial charge is 0.573 e. The summed E-state index contributed by atoms with van der Waals surface area (Å²) in [6.07, 6.45) is -4.75. The molecule has 0 saturated heterocycles. The van der Waals surface area contributed by atoms with Crippen LogP contribution in [0.4, 0.5) is 18.9 Å². The monoisotopic (exact) mass is 490 g/mol. The highest BCUT2D eigenvalue weighted by Crippen LogP contribution is 2.29. The Labute approximate surface area is 204 Å². The summed E-state index contributed by atoms with van der Waals surface area (Å²) in [4.78, 5) is 15.9. The number of nitrogens with zero attached hydrogens (tertiary/aromatic N) is 2. The molecule has 0 aliphatic heterocycles. The second-order valence-corrected chi connectivity index (χ2v) is 8.27. The van der Waals surface area contributed by atoms with Crippen LogP contribution in [0.15, 0.2) is 89.7 Å². The number of hydrogen-bond acceptors (Lipinski definition) is 4. The molecule has 3 aromatic carbocycles. The number of H-pyrrole nitrogens is 1. The van der Waals surface area contributed by atoms with Crippen LogP contribution in [0.5, 0.6) is 5.75 Å². The van der Waals surface area contributed by atoms with E-state index in [2.05, 4.69) is 15.0 Å². The fraction of sp³-hybridized carbons (Fsp3) is 0.111. The third kappa shape index (κ3) is 4.95. The molecule has 0 spiro atoms. The van der Waals surface area contributed by atoms with Crippen molar-refractivity contribution < 1.29 is 17.9 Å². The van der Waals surface area contributed by atoms with Gasteiger partial charge in [0.1, 0.15) is 17.1 Å². The van der Waals surface area contributed by atoms with Crippen molar-refractivity contribution >= 4 is 16.7 Å². The quantitative estimate of drug-likeness (QED) is 0.297. The van der Waals surface area contributed by atoms with Gasteiger partial charge in [0.25, 0.3) is 5.56 Å². The maximum Gasteiger partial charge on any atom is 0.573 e. The van der Waals surface area contributed by atoms with E-state index < -0.39 is 6.36 Å². The molecule has 0 radical (unpaired) electrons. The predicted octanol–water partition coefficient (Wildman–Crippen LogP) is 6.20. The van der Waals surface area contributed by atoms with Crippen molar-refractivity contribution in [3.05, 3.63) is 106 Å². The lowest BCUT2D eigenvalue weighted by Crippen LogP contribution is -2.17. The maximum absolute atomic E-state index is 13.0. The number of halogens is 3. The Morgan fingerprint density at radius 2 is 1.67 bits per heavy atom. The van der Waals surface area contributed by atoms with E-state index in [0.29, 0.717) is 16.9 Å². The molecule has 0 aliphatic carbocycles. The van der Waals surface area contributed by atoms with Gasteiger partial charge >= 0.3 is 6.36 Å². The number of fused-ring (bicyclic) bond motifs is 1. The minimum atomic E-state index is -4.75. The summed E-state index contributed by atoms with van der Waals surface area (Å²) in [6, 6.07) is 24.6. The van der Waals surface area contributed by atoms with E-state index >= 15 is 0 Å². The smallest absolute Gasteiger partial charge is 0.406 e. The van der Waals surface area contributed by atoms with Crippen LogP contribution in [-0.2, 0) is 6.54 Å². The Hall–Kier alpha value is -4.53. The number of rotatable bonds is 6. The first kappa shape index (κ1) is 23.2. The second kappa shape index (κ2) is 9.26. The fourth-order valence-corrected chi connectivity index (χ4v) is 3.90. The number of para-hydroxylation sites is 1. The summed E-state index contributed by atoms with van der Waals surface area (Å²) in [7, 11) is 0. The zero-order valence-electron chi connectivity index (χ0n) is 19.1. The summed E-state index contributed by atoms with van der Waals surface area (Å²) in [5, 5.41) is 8.67. The Morgan fingerprint density at radius 3 is 2.33 bits per heavy atom. The third-order valence-corrected chi connectivity index (χ3v) is 5.66. The first-order valence-electron chi connectivity index (χ1n) is 11.1. The normalized spacial score (nSPS) is 11.6. The Morgan fingerprint density at radius 1 is 0.972 bits per heavy atom. The molecule has 0 fully saturated rings. The number of anilines is 1. The predicted molar refractivity (Wildman–Crippen MR) is 132 cm³/mol. The molecule has 0 unspecified atom stereocenters. The van der Waals surface area contributed by atoms with Crippen LogP contribution in [0.3, 0.4) is 0 Å². The molecule has 2 aromatic heterocycles. The molecule has 0 atom stereocenters. The van der Waals surface area contributed by atoms with Gasteiger partial charge < -0.3 is 15.0 Å². The van der Waals surface area contributed by atoms with Crippen LogP contribution in [0.25, 0.3) is 28.0 Å². The zero-order chi connectivity index (χ0) is 25.3. The highest BCUT2D eigenvalue weighted by atomic mass is 19.4. The van der Waals surface area contributed by atoms with E-state index in [9.17, 15) is 18.0 Å². The molecule has 36 heavy (non-hydrogen) atoms. The minimum absolute atomic E-state index is 0.161. The van der Waals surface area contributed by atoms with Gasteiger partial charge in [0.15, 0.2) is 0 Å². The molecule has 6 nitrogen and oxygen atoms in total. The molecule has 182 valence electrons. The molecular formula is C27H21F3N4O2. The van der Waals surface area contributed by atoms with Gasteiger partial charge in [-0.2, -0.15) is 5.10 Å². The van der Waals surface area contributed by atoms with Gasteiger partial charge in [-0.3, -0.25) is 4.79 Å². The molecule has 2 N–H and O–H groups in total. The van der Waals surface area contributed by atoms with Crippen molar-refractivity contribution in [1.82, 2.24) is 14.8 Å². The van der Waals surface area contributed by atoms with E-state index in [-0.39, 0.29) is 17.9 Å². The Balaban J connectivity index is 1.50. The highest BCUT2D eigenvalue weighted by Gasteiger charge is 2.31. The number of ether oxygens (including phenoxy) is 1. The molecule has 5 rings (SSSR count). The van der Waals surface area contributed by atoms with Crippen molar-refractivity contribution in [2.45, 2.75) is 19.8 Å².